The van der Waals surface area contributed by atoms with E-state index in [1.54, 1.807) is 6.33 Å². The predicted octanol–water partition coefficient (Wildman–Crippen LogP) is -0.274. The third-order valence-electron chi connectivity index (χ3n) is 4.65. The van der Waals surface area contributed by atoms with Crippen LogP contribution in [0.1, 0.15) is 19.2 Å². The van der Waals surface area contributed by atoms with Crippen LogP contribution in [-0.4, -0.2) is 75.9 Å². The van der Waals surface area contributed by atoms with Gasteiger partial charge < -0.3 is 5.32 Å². The van der Waals surface area contributed by atoms with Crippen molar-refractivity contribution in [2.45, 2.75) is 31.8 Å². The molecule has 3 aliphatic heterocycles. The maximum atomic E-state index is 4.40. The van der Waals surface area contributed by atoms with E-state index in [4.69, 9.17) is 0 Å². The summed E-state index contributed by atoms with van der Waals surface area (Å²) < 4.78 is 1.90. The van der Waals surface area contributed by atoms with Crippen molar-refractivity contribution in [3.8, 4) is 0 Å². The van der Waals surface area contributed by atoms with Gasteiger partial charge in [0.05, 0.1) is 0 Å². The molecule has 3 fully saturated rings. The molecular formula is C14H26N6. The van der Waals surface area contributed by atoms with E-state index < -0.39 is 0 Å². The molecule has 2 unspecified atom stereocenters. The maximum Gasteiger partial charge on any atom is 0.138 e. The van der Waals surface area contributed by atoms with Crippen LogP contribution in [0.2, 0.25) is 0 Å². The van der Waals surface area contributed by atoms with Gasteiger partial charge in [-0.15, -0.1) is 0 Å². The van der Waals surface area contributed by atoms with Crippen molar-refractivity contribution in [3.05, 3.63) is 12.2 Å². The number of nitrogens with one attached hydrogen (secondary N) is 1. The second-order valence-electron chi connectivity index (χ2n) is 5.97. The molecule has 0 spiro atoms. The van der Waals surface area contributed by atoms with Crippen molar-refractivity contribution in [2.75, 3.05) is 39.3 Å². The number of aromatic nitrogens is 3. The number of rotatable bonds is 6. The SMILES string of the molecule is CCCNC(Cc1ncnn1C)C1CN2CCN1CC2. The van der Waals surface area contributed by atoms with E-state index in [2.05, 4.69) is 32.1 Å². The fourth-order valence-corrected chi connectivity index (χ4v) is 3.41. The lowest BCUT2D eigenvalue weighted by Gasteiger charge is -2.50. The van der Waals surface area contributed by atoms with Crippen LogP contribution in [0.4, 0.5) is 0 Å². The summed E-state index contributed by atoms with van der Waals surface area (Å²) in [4.78, 5) is 9.66. The molecule has 4 heterocycles. The molecule has 1 aromatic rings. The van der Waals surface area contributed by atoms with E-state index in [-0.39, 0.29) is 0 Å². The van der Waals surface area contributed by atoms with Crippen LogP contribution in [0, 0.1) is 0 Å². The van der Waals surface area contributed by atoms with E-state index in [1.165, 1.54) is 39.1 Å². The van der Waals surface area contributed by atoms with Crippen LogP contribution in [0.5, 0.6) is 0 Å². The Bertz CT molecular complexity index is 423. The molecule has 4 rings (SSSR count). The van der Waals surface area contributed by atoms with E-state index in [9.17, 15) is 0 Å². The molecule has 0 saturated carbocycles. The summed E-state index contributed by atoms with van der Waals surface area (Å²) in [5.74, 6) is 1.08. The van der Waals surface area contributed by atoms with Gasteiger partial charge in [-0.1, -0.05) is 6.92 Å². The number of fused-ring (bicyclic) bond motifs is 3. The Labute approximate surface area is 121 Å². The van der Waals surface area contributed by atoms with Crippen molar-refractivity contribution in [1.29, 1.82) is 0 Å². The van der Waals surface area contributed by atoms with Gasteiger partial charge in [0.15, 0.2) is 0 Å². The van der Waals surface area contributed by atoms with Gasteiger partial charge in [-0.3, -0.25) is 14.5 Å². The summed E-state index contributed by atoms with van der Waals surface area (Å²) in [5.41, 5.74) is 0. The average molecular weight is 278 g/mol. The zero-order valence-electron chi connectivity index (χ0n) is 12.6. The number of piperazine rings is 3. The third-order valence-corrected chi connectivity index (χ3v) is 4.65. The van der Waals surface area contributed by atoms with Gasteiger partial charge in [0.25, 0.3) is 0 Å². The number of aryl methyl sites for hydroxylation is 1. The topological polar surface area (TPSA) is 49.2 Å². The lowest BCUT2D eigenvalue weighted by Crippen LogP contribution is -2.66. The fraction of sp³-hybridized carbons (Fsp3) is 0.857. The molecule has 112 valence electrons. The molecule has 3 aliphatic rings. The van der Waals surface area contributed by atoms with Crippen molar-refractivity contribution in [2.24, 2.45) is 7.05 Å². The van der Waals surface area contributed by atoms with Gasteiger partial charge >= 0.3 is 0 Å². The molecule has 2 atom stereocenters. The van der Waals surface area contributed by atoms with Crippen LogP contribution < -0.4 is 5.32 Å². The lowest BCUT2D eigenvalue weighted by molar-refractivity contribution is -0.00348. The second kappa shape index (κ2) is 6.20. The zero-order chi connectivity index (χ0) is 13.9. The highest BCUT2D eigenvalue weighted by molar-refractivity contribution is 4.99. The number of hydrogen-bond donors (Lipinski definition) is 1. The fourth-order valence-electron chi connectivity index (χ4n) is 3.41. The number of nitrogens with zero attached hydrogens (tertiary/aromatic N) is 5. The van der Waals surface area contributed by atoms with Crippen molar-refractivity contribution in [1.82, 2.24) is 29.9 Å². The monoisotopic (exact) mass is 278 g/mol. The maximum absolute atomic E-state index is 4.40. The quantitative estimate of drug-likeness (QED) is 0.776. The van der Waals surface area contributed by atoms with Crippen molar-refractivity contribution >= 4 is 0 Å². The first kappa shape index (κ1) is 14.0. The summed E-state index contributed by atoms with van der Waals surface area (Å²) in [7, 11) is 1.98. The molecular weight excluding hydrogens is 252 g/mol. The van der Waals surface area contributed by atoms with Crippen LogP contribution in [0.3, 0.4) is 0 Å². The summed E-state index contributed by atoms with van der Waals surface area (Å²) in [6.07, 6.45) is 3.79. The third kappa shape index (κ3) is 2.87. The van der Waals surface area contributed by atoms with Crippen LogP contribution in [0.15, 0.2) is 6.33 Å². The molecule has 2 bridgehead atoms. The molecule has 0 aromatic carbocycles. The molecule has 0 amide bonds. The molecule has 20 heavy (non-hydrogen) atoms. The Balaban J connectivity index is 1.70. The normalized spacial score (nSPS) is 30.6. The Kier molecular flexibility index (Phi) is 4.33. The van der Waals surface area contributed by atoms with E-state index in [1.807, 2.05) is 11.7 Å². The Morgan fingerprint density at radius 1 is 1.35 bits per heavy atom. The van der Waals surface area contributed by atoms with Crippen LogP contribution in [0.25, 0.3) is 0 Å². The minimum atomic E-state index is 0.473. The Morgan fingerprint density at radius 3 is 2.70 bits per heavy atom. The highest BCUT2D eigenvalue weighted by Crippen LogP contribution is 2.20. The molecule has 6 heteroatoms. The average Bonchev–Trinajstić information content (AvgIpc) is 2.90. The van der Waals surface area contributed by atoms with Gasteiger partial charge in [0.1, 0.15) is 12.2 Å². The first-order valence-electron chi connectivity index (χ1n) is 7.80. The zero-order valence-corrected chi connectivity index (χ0v) is 12.6. The van der Waals surface area contributed by atoms with Gasteiger partial charge in [0, 0.05) is 58.3 Å². The Morgan fingerprint density at radius 2 is 2.15 bits per heavy atom. The molecule has 6 nitrogen and oxygen atoms in total. The van der Waals surface area contributed by atoms with Crippen LogP contribution in [-0.2, 0) is 13.5 Å². The second-order valence-corrected chi connectivity index (χ2v) is 5.97. The van der Waals surface area contributed by atoms with Gasteiger partial charge in [-0.2, -0.15) is 5.10 Å². The van der Waals surface area contributed by atoms with E-state index in [0.717, 1.165) is 18.8 Å². The molecule has 0 radical (unpaired) electrons. The molecule has 0 aliphatic carbocycles. The summed E-state index contributed by atoms with van der Waals surface area (Å²) >= 11 is 0. The van der Waals surface area contributed by atoms with Crippen LogP contribution >= 0.6 is 0 Å². The van der Waals surface area contributed by atoms with E-state index >= 15 is 0 Å². The molecule has 3 saturated heterocycles. The number of hydrogen-bond acceptors (Lipinski definition) is 5. The molecule has 1 N–H and O–H groups in total. The van der Waals surface area contributed by atoms with E-state index in [0.29, 0.717) is 12.1 Å². The van der Waals surface area contributed by atoms with Crippen molar-refractivity contribution in [3.63, 3.8) is 0 Å². The minimum absolute atomic E-state index is 0.473. The summed E-state index contributed by atoms with van der Waals surface area (Å²) in [5, 5.41) is 7.94. The smallest absolute Gasteiger partial charge is 0.138 e. The lowest BCUT2D eigenvalue weighted by atomic mass is 9.97. The summed E-state index contributed by atoms with van der Waals surface area (Å²) in [6, 6.07) is 1.08. The highest BCUT2D eigenvalue weighted by Gasteiger charge is 2.36. The van der Waals surface area contributed by atoms with Gasteiger partial charge in [-0.25, -0.2) is 4.98 Å². The Hall–Kier alpha value is -0.980. The first-order chi connectivity index (χ1) is 9.78. The predicted molar refractivity (Wildman–Crippen MR) is 78.6 cm³/mol. The minimum Gasteiger partial charge on any atom is -0.312 e. The van der Waals surface area contributed by atoms with Gasteiger partial charge in [0.2, 0.25) is 0 Å². The molecule has 1 aromatic heterocycles. The summed E-state index contributed by atoms with van der Waals surface area (Å²) in [6.45, 7) is 9.40. The van der Waals surface area contributed by atoms with Crippen molar-refractivity contribution < 1.29 is 0 Å². The highest BCUT2D eigenvalue weighted by atomic mass is 15.4. The first-order valence-corrected chi connectivity index (χ1v) is 7.80. The van der Waals surface area contributed by atoms with Gasteiger partial charge in [-0.05, 0) is 13.0 Å². The largest absolute Gasteiger partial charge is 0.312 e. The standard InChI is InChI=1S/C14H26N6/c1-3-4-15-12(9-14-16-11-17-18(14)2)13-10-19-5-7-20(13)8-6-19/h11-13,15H,3-10H2,1-2H3.